The number of guanidine groups is 1. The topological polar surface area (TPSA) is 75.3 Å². The molecule has 0 amide bonds. The Kier molecular flexibility index (Phi) is 6.18. The van der Waals surface area contributed by atoms with Gasteiger partial charge in [0.2, 0.25) is 5.89 Å². The van der Waals surface area contributed by atoms with Crippen LogP contribution in [0.2, 0.25) is 0 Å². The van der Waals surface area contributed by atoms with Crippen LogP contribution in [0.4, 0.5) is 0 Å². The molecule has 0 atom stereocenters. The molecule has 1 aromatic rings. The summed E-state index contributed by atoms with van der Waals surface area (Å²) in [5.74, 6) is 2.64. The van der Waals surface area contributed by atoms with E-state index in [2.05, 4.69) is 39.6 Å². The fourth-order valence-electron chi connectivity index (χ4n) is 1.37. The van der Waals surface area contributed by atoms with Crippen LogP contribution in [-0.4, -0.2) is 29.2 Å². The molecule has 0 aromatic carbocycles. The van der Waals surface area contributed by atoms with Crippen LogP contribution in [0.15, 0.2) is 9.52 Å². The van der Waals surface area contributed by atoms with Gasteiger partial charge in [-0.3, -0.25) is 0 Å². The van der Waals surface area contributed by atoms with Crippen LogP contribution >= 0.6 is 0 Å². The van der Waals surface area contributed by atoms with E-state index in [0.29, 0.717) is 24.2 Å². The van der Waals surface area contributed by atoms with Crippen molar-refractivity contribution in [3.63, 3.8) is 0 Å². The molecule has 0 bridgehead atoms. The molecule has 0 unspecified atom stereocenters. The number of nitrogens with zero attached hydrogens (tertiary/aromatic N) is 3. The number of aryl methyl sites for hydroxylation is 1. The van der Waals surface area contributed by atoms with E-state index in [-0.39, 0.29) is 0 Å². The van der Waals surface area contributed by atoms with Gasteiger partial charge in [-0.05, 0) is 26.2 Å². The average molecular weight is 253 g/mol. The van der Waals surface area contributed by atoms with Crippen molar-refractivity contribution in [1.82, 2.24) is 20.8 Å². The molecule has 2 N–H and O–H groups in total. The van der Waals surface area contributed by atoms with Gasteiger partial charge in [0.1, 0.15) is 6.54 Å². The number of aromatic nitrogens is 2. The lowest BCUT2D eigenvalue weighted by Gasteiger charge is -2.11. The highest BCUT2D eigenvalue weighted by Crippen LogP contribution is 1.98. The number of rotatable bonds is 6. The summed E-state index contributed by atoms with van der Waals surface area (Å²) in [4.78, 5) is 8.50. The minimum atomic E-state index is 0.401. The standard InChI is InChI=1S/C12H23N5O/c1-5-13-12(14-7-6-9(2)3)15-8-11-16-10(4)17-18-11/h9H,5-8H2,1-4H3,(H2,13,14,15). The van der Waals surface area contributed by atoms with Crippen molar-refractivity contribution in [3.05, 3.63) is 11.7 Å². The van der Waals surface area contributed by atoms with Crippen LogP contribution in [0.1, 0.15) is 38.9 Å². The Morgan fingerprint density at radius 2 is 2.17 bits per heavy atom. The Hall–Kier alpha value is -1.59. The lowest BCUT2D eigenvalue weighted by Crippen LogP contribution is -2.38. The molecule has 0 fully saturated rings. The van der Waals surface area contributed by atoms with E-state index in [0.717, 1.165) is 25.5 Å². The number of hydrogen-bond acceptors (Lipinski definition) is 4. The second kappa shape index (κ2) is 7.68. The first kappa shape index (κ1) is 14.5. The van der Waals surface area contributed by atoms with Crippen molar-refractivity contribution >= 4 is 5.96 Å². The maximum absolute atomic E-state index is 5.01. The van der Waals surface area contributed by atoms with Gasteiger partial charge in [0, 0.05) is 13.1 Å². The third-order valence-corrected chi connectivity index (χ3v) is 2.30. The minimum Gasteiger partial charge on any atom is -0.357 e. The molecule has 0 saturated carbocycles. The first-order chi connectivity index (χ1) is 8.61. The number of hydrogen-bond donors (Lipinski definition) is 2. The molecule has 1 heterocycles. The van der Waals surface area contributed by atoms with Crippen LogP contribution in [0, 0.1) is 12.8 Å². The Bertz CT molecular complexity index is 372. The van der Waals surface area contributed by atoms with Gasteiger partial charge in [0.25, 0.3) is 0 Å². The molecular weight excluding hydrogens is 230 g/mol. The molecule has 0 radical (unpaired) electrons. The molecular formula is C12H23N5O. The van der Waals surface area contributed by atoms with Gasteiger partial charge in [-0.1, -0.05) is 19.0 Å². The fraction of sp³-hybridized carbons (Fsp3) is 0.750. The second-order valence-electron chi connectivity index (χ2n) is 4.54. The molecule has 0 aliphatic heterocycles. The third-order valence-electron chi connectivity index (χ3n) is 2.30. The maximum Gasteiger partial charge on any atom is 0.248 e. The van der Waals surface area contributed by atoms with E-state index < -0.39 is 0 Å². The lowest BCUT2D eigenvalue weighted by atomic mass is 10.1. The normalized spacial score (nSPS) is 11.9. The van der Waals surface area contributed by atoms with Gasteiger partial charge in [0.05, 0.1) is 0 Å². The highest BCUT2D eigenvalue weighted by molar-refractivity contribution is 5.79. The molecule has 0 aliphatic carbocycles. The van der Waals surface area contributed by atoms with Gasteiger partial charge >= 0.3 is 0 Å². The zero-order valence-corrected chi connectivity index (χ0v) is 11.7. The zero-order valence-electron chi connectivity index (χ0n) is 11.7. The quantitative estimate of drug-likeness (QED) is 0.593. The Morgan fingerprint density at radius 3 is 2.72 bits per heavy atom. The minimum absolute atomic E-state index is 0.401. The first-order valence-corrected chi connectivity index (χ1v) is 6.43. The summed E-state index contributed by atoms with van der Waals surface area (Å²) in [6.07, 6.45) is 1.12. The third kappa shape index (κ3) is 5.65. The SMILES string of the molecule is CCNC(=NCc1nc(C)no1)NCCC(C)C. The molecule has 102 valence electrons. The van der Waals surface area contributed by atoms with Crippen LogP contribution in [0.3, 0.4) is 0 Å². The molecule has 1 aromatic heterocycles. The summed E-state index contributed by atoms with van der Waals surface area (Å²) >= 11 is 0. The Labute approximate surface area is 108 Å². The molecule has 18 heavy (non-hydrogen) atoms. The van der Waals surface area contributed by atoms with E-state index >= 15 is 0 Å². The van der Waals surface area contributed by atoms with Gasteiger partial charge in [-0.15, -0.1) is 0 Å². The smallest absolute Gasteiger partial charge is 0.248 e. The molecule has 6 nitrogen and oxygen atoms in total. The number of aliphatic imine (C=N–C) groups is 1. The molecule has 0 aliphatic rings. The van der Waals surface area contributed by atoms with E-state index in [1.54, 1.807) is 6.92 Å². The van der Waals surface area contributed by atoms with Crippen molar-refractivity contribution in [2.45, 2.75) is 40.7 Å². The van der Waals surface area contributed by atoms with Crippen molar-refractivity contribution < 1.29 is 4.52 Å². The predicted octanol–water partition coefficient (Wildman–Crippen LogP) is 1.48. The lowest BCUT2D eigenvalue weighted by molar-refractivity contribution is 0.376. The van der Waals surface area contributed by atoms with Crippen LogP contribution < -0.4 is 10.6 Å². The van der Waals surface area contributed by atoms with E-state index in [1.807, 2.05) is 6.92 Å². The zero-order chi connectivity index (χ0) is 13.4. The van der Waals surface area contributed by atoms with Gasteiger partial charge < -0.3 is 15.2 Å². The largest absolute Gasteiger partial charge is 0.357 e. The van der Waals surface area contributed by atoms with E-state index in [4.69, 9.17) is 4.52 Å². The summed E-state index contributed by atoms with van der Waals surface area (Å²) in [5.41, 5.74) is 0. The summed E-state index contributed by atoms with van der Waals surface area (Å²) < 4.78 is 5.01. The van der Waals surface area contributed by atoms with Gasteiger partial charge in [-0.25, -0.2) is 4.99 Å². The summed E-state index contributed by atoms with van der Waals surface area (Å²) in [6.45, 7) is 10.4. The average Bonchev–Trinajstić information content (AvgIpc) is 2.71. The van der Waals surface area contributed by atoms with Crippen LogP contribution in [0.25, 0.3) is 0 Å². The maximum atomic E-state index is 5.01. The summed E-state index contributed by atoms with van der Waals surface area (Å²) in [6, 6.07) is 0. The molecule has 1 rings (SSSR count). The van der Waals surface area contributed by atoms with E-state index in [1.165, 1.54) is 0 Å². The van der Waals surface area contributed by atoms with Crippen molar-refractivity contribution in [3.8, 4) is 0 Å². The molecule has 0 spiro atoms. The van der Waals surface area contributed by atoms with Crippen molar-refractivity contribution in [1.29, 1.82) is 0 Å². The Morgan fingerprint density at radius 1 is 1.39 bits per heavy atom. The van der Waals surface area contributed by atoms with Crippen LogP contribution in [0.5, 0.6) is 0 Å². The van der Waals surface area contributed by atoms with Gasteiger partial charge in [-0.2, -0.15) is 4.98 Å². The Balaban J connectivity index is 2.44. The van der Waals surface area contributed by atoms with E-state index in [9.17, 15) is 0 Å². The highest BCUT2D eigenvalue weighted by Gasteiger charge is 2.03. The molecule has 0 saturated heterocycles. The van der Waals surface area contributed by atoms with Crippen LogP contribution in [-0.2, 0) is 6.54 Å². The van der Waals surface area contributed by atoms with Gasteiger partial charge in [0.15, 0.2) is 11.8 Å². The second-order valence-corrected chi connectivity index (χ2v) is 4.54. The highest BCUT2D eigenvalue weighted by atomic mass is 16.5. The van der Waals surface area contributed by atoms with Crippen molar-refractivity contribution in [2.24, 2.45) is 10.9 Å². The monoisotopic (exact) mass is 253 g/mol. The predicted molar refractivity (Wildman–Crippen MR) is 71.3 cm³/mol. The van der Waals surface area contributed by atoms with Crippen molar-refractivity contribution in [2.75, 3.05) is 13.1 Å². The molecule has 6 heteroatoms. The fourth-order valence-corrected chi connectivity index (χ4v) is 1.37. The number of nitrogens with one attached hydrogen (secondary N) is 2. The first-order valence-electron chi connectivity index (χ1n) is 6.43. The summed E-state index contributed by atoms with van der Waals surface area (Å²) in [5, 5.41) is 10.2. The summed E-state index contributed by atoms with van der Waals surface area (Å²) in [7, 11) is 0.